The van der Waals surface area contributed by atoms with Crippen LogP contribution in [0.15, 0.2) is 0 Å². The zero-order valence-electron chi connectivity index (χ0n) is 9.11. The summed E-state index contributed by atoms with van der Waals surface area (Å²) >= 11 is 0. The highest BCUT2D eigenvalue weighted by molar-refractivity contribution is 5.90. The molecule has 0 saturated heterocycles. The maximum Gasteiger partial charge on any atom is 0.328 e. The Balaban J connectivity index is 2.59. The minimum atomic E-state index is -1.27. The van der Waals surface area contributed by atoms with E-state index in [-0.39, 0.29) is 0 Å². The predicted molar refractivity (Wildman–Crippen MR) is 56.7 cm³/mol. The SMILES string of the molecule is NC1(C(=O)N[C@@H](CO)C(=O)O)CCCCC1. The maximum absolute atomic E-state index is 11.8. The first-order valence-electron chi connectivity index (χ1n) is 5.43. The Morgan fingerprint density at radius 3 is 2.31 bits per heavy atom. The number of carboxylic acids is 1. The fourth-order valence-corrected chi connectivity index (χ4v) is 1.90. The van der Waals surface area contributed by atoms with E-state index in [1.165, 1.54) is 0 Å². The minimum Gasteiger partial charge on any atom is -0.480 e. The number of rotatable bonds is 4. The number of carbonyl (C=O) groups excluding carboxylic acids is 1. The topological polar surface area (TPSA) is 113 Å². The van der Waals surface area contributed by atoms with Crippen molar-refractivity contribution in [1.29, 1.82) is 0 Å². The fourth-order valence-electron chi connectivity index (χ4n) is 1.90. The second-order valence-electron chi connectivity index (χ2n) is 4.26. The molecule has 1 aliphatic rings. The molecular formula is C10H18N2O4. The highest BCUT2D eigenvalue weighted by Gasteiger charge is 2.37. The second kappa shape index (κ2) is 5.27. The van der Waals surface area contributed by atoms with E-state index >= 15 is 0 Å². The number of nitrogens with one attached hydrogen (secondary N) is 1. The number of carboxylic acid groups (broad SMARTS) is 1. The molecule has 5 N–H and O–H groups in total. The van der Waals surface area contributed by atoms with Gasteiger partial charge in [-0.25, -0.2) is 4.79 Å². The molecule has 1 fully saturated rings. The second-order valence-corrected chi connectivity index (χ2v) is 4.26. The molecule has 16 heavy (non-hydrogen) atoms. The zero-order chi connectivity index (χ0) is 12.2. The molecule has 1 amide bonds. The molecule has 6 heteroatoms. The molecule has 92 valence electrons. The fraction of sp³-hybridized carbons (Fsp3) is 0.800. The number of carbonyl (C=O) groups is 2. The molecule has 6 nitrogen and oxygen atoms in total. The lowest BCUT2D eigenvalue weighted by molar-refractivity contribution is -0.144. The highest BCUT2D eigenvalue weighted by atomic mass is 16.4. The number of hydrogen-bond acceptors (Lipinski definition) is 4. The van der Waals surface area contributed by atoms with Gasteiger partial charge in [0, 0.05) is 0 Å². The predicted octanol–water partition coefficient (Wildman–Crippen LogP) is -0.790. The number of hydrogen-bond donors (Lipinski definition) is 4. The van der Waals surface area contributed by atoms with Crippen LogP contribution in [0.4, 0.5) is 0 Å². The summed E-state index contributed by atoms with van der Waals surface area (Å²) in [7, 11) is 0. The Hall–Kier alpha value is -1.14. The Kier molecular flexibility index (Phi) is 4.26. The quantitative estimate of drug-likeness (QED) is 0.505. The summed E-state index contributed by atoms with van der Waals surface area (Å²) in [5.41, 5.74) is 4.95. The zero-order valence-corrected chi connectivity index (χ0v) is 9.11. The molecule has 0 radical (unpaired) electrons. The molecule has 0 heterocycles. The summed E-state index contributed by atoms with van der Waals surface area (Å²) < 4.78 is 0. The van der Waals surface area contributed by atoms with Crippen LogP contribution in [-0.2, 0) is 9.59 Å². The van der Waals surface area contributed by atoms with Crippen LogP contribution in [0.25, 0.3) is 0 Å². The largest absolute Gasteiger partial charge is 0.480 e. The van der Waals surface area contributed by atoms with E-state index in [4.69, 9.17) is 15.9 Å². The number of amides is 1. The van der Waals surface area contributed by atoms with Gasteiger partial charge in [-0.3, -0.25) is 4.79 Å². The van der Waals surface area contributed by atoms with Gasteiger partial charge in [0.1, 0.15) is 6.04 Å². The Morgan fingerprint density at radius 1 is 1.31 bits per heavy atom. The standard InChI is InChI=1S/C10H18N2O4/c11-10(4-2-1-3-5-10)9(16)12-7(6-13)8(14)15/h7,13H,1-6,11H2,(H,12,16)(H,14,15)/t7-/m0/s1. The molecule has 1 aliphatic carbocycles. The van der Waals surface area contributed by atoms with Gasteiger partial charge in [-0.05, 0) is 12.8 Å². The molecule has 0 aromatic carbocycles. The van der Waals surface area contributed by atoms with Gasteiger partial charge >= 0.3 is 5.97 Å². The molecule has 0 aliphatic heterocycles. The van der Waals surface area contributed by atoms with Crippen molar-refractivity contribution in [3.05, 3.63) is 0 Å². The van der Waals surface area contributed by atoms with Gasteiger partial charge in [0.2, 0.25) is 5.91 Å². The Morgan fingerprint density at radius 2 is 1.88 bits per heavy atom. The lowest BCUT2D eigenvalue weighted by Gasteiger charge is -2.32. The third-order valence-corrected chi connectivity index (χ3v) is 2.98. The summed E-state index contributed by atoms with van der Waals surface area (Å²) in [6, 6.07) is -1.27. The first kappa shape index (κ1) is 12.9. The van der Waals surface area contributed by atoms with Crippen LogP contribution in [-0.4, -0.2) is 40.3 Å². The lowest BCUT2D eigenvalue weighted by Crippen LogP contribution is -2.58. The van der Waals surface area contributed by atoms with Crippen LogP contribution in [0, 0.1) is 0 Å². The van der Waals surface area contributed by atoms with Crippen LogP contribution in [0.2, 0.25) is 0 Å². The molecular weight excluding hydrogens is 212 g/mol. The van der Waals surface area contributed by atoms with Crippen LogP contribution in [0.3, 0.4) is 0 Å². The van der Waals surface area contributed by atoms with Crippen molar-refractivity contribution in [3.63, 3.8) is 0 Å². The molecule has 0 aromatic rings. The number of aliphatic carboxylic acids is 1. The first-order chi connectivity index (χ1) is 7.49. The van der Waals surface area contributed by atoms with Gasteiger partial charge in [-0.15, -0.1) is 0 Å². The summed E-state index contributed by atoms with van der Waals surface area (Å²) in [6.07, 6.45) is 3.93. The summed E-state index contributed by atoms with van der Waals surface area (Å²) in [4.78, 5) is 22.4. The van der Waals surface area contributed by atoms with Crippen LogP contribution in [0.5, 0.6) is 0 Å². The Labute approximate surface area is 93.8 Å². The van der Waals surface area contributed by atoms with E-state index in [1.807, 2.05) is 0 Å². The first-order valence-corrected chi connectivity index (χ1v) is 5.43. The minimum absolute atomic E-state index is 0.478. The summed E-state index contributed by atoms with van der Waals surface area (Å²) in [6.45, 7) is -0.628. The number of nitrogens with two attached hydrogens (primary N) is 1. The van der Waals surface area contributed by atoms with Crippen LogP contribution >= 0.6 is 0 Å². The third-order valence-electron chi connectivity index (χ3n) is 2.98. The summed E-state index contributed by atoms with van der Waals surface area (Å²) in [5.74, 6) is -1.73. The van der Waals surface area contributed by atoms with Crippen LogP contribution < -0.4 is 11.1 Å². The van der Waals surface area contributed by atoms with E-state index in [0.717, 1.165) is 19.3 Å². The average Bonchev–Trinajstić information content (AvgIpc) is 2.26. The number of aliphatic hydroxyl groups is 1. The van der Waals surface area contributed by atoms with E-state index in [1.54, 1.807) is 0 Å². The molecule has 0 spiro atoms. The van der Waals surface area contributed by atoms with E-state index in [9.17, 15) is 9.59 Å². The van der Waals surface area contributed by atoms with Gasteiger partial charge in [0.05, 0.1) is 12.1 Å². The summed E-state index contributed by atoms with van der Waals surface area (Å²) in [5, 5.41) is 19.7. The smallest absolute Gasteiger partial charge is 0.328 e. The van der Waals surface area contributed by atoms with Crippen molar-refractivity contribution in [2.45, 2.75) is 43.7 Å². The van der Waals surface area contributed by atoms with Gasteiger partial charge in [0.25, 0.3) is 0 Å². The van der Waals surface area contributed by atoms with Gasteiger partial charge in [-0.1, -0.05) is 19.3 Å². The normalized spacial score (nSPS) is 21.1. The maximum atomic E-state index is 11.8. The highest BCUT2D eigenvalue weighted by Crippen LogP contribution is 2.25. The van der Waals surface area contributed by atoms with Gasteiger partial charge in [-0.2, -0.15) is 0 Å². The third kappa shape index (κ3) is 2.93. The molecule has 1 saturated carbocycles. The van der Waals surface area contributed by atoms with Gasteiger partial charge < -0.3 is 21.3 Å². The van der Waals surface area contributed by atoms with Crippen molar-refractivity contribution in [2.24, 2.45) is 5.73 Å². The molecule has 0 bridgehead atoms. The average molecular weight is 230 g/mol. The van der Waals surface area contributed by atoms with Crippen molar-refractivity contribution >= 4 is 11.9 Å². The van der Waals surface area contributed by atoms with Crippen LogP contribution in [0.1, 0.15) is 32.1 Å². The van der Waals surface area contributed by atoms with E-state index in [2.05, 4.69) is 5.32 Å². The lowest BCUT2D eigenvalue weighted by atomic mass is 9.82. The number of aliphatic hydroxyl groups excluding tert-OH is 1. The van der Waals surface area contributed by atoms with E-state index in [0.29, 0.717) is 12.8 Å². The molecule has 0 unspecified atom stereocenters. The molecule has 1 rings (SSSR count). The molecule has 1 atom stereocenters. The van der Waals surface area contributed by atoms with Crippen molar-refractivity contribution in [3.8, 4) is 0 Å². The van der Waals surface area contributed by atoms with Gasteiger partial charge in [0.15, 0.2) is 0 Å². The van der Waals surface area contributed by atoms with Crippen molar-refractivity contribution < 1.29 is 19.8 Å². The molecule has 0 aromatic heterocycles. The monoisotopic (exact) mass is 230 g/mol. The van der Waals surface area contributed by atoms with Crippen molar-refractivity contribution in [2.75, 3.05) is 6.61 Å². The van der Waals surface area contributed by atoms with E-state index < -0.39 is 30.1 Å². The van der Waals surface area contributed by atoms with Crippen molar-refractivity contribution in [1.82, 2.24) is 5.32 Å². The Bertz CT molecular complexity index is 274.